The molecule has 3 amide bonds. The largest absolute Gasteiger partial charge is 0.352 e. The number of carbonyl (C=O) groups excluding carboxylic acids is 3. The number of sulfonamides is 1. The van der Waals surface area contributed by atoms with Crippen molar-refractivity contribution in [3.05, 3.63) is 65.2 Å². The van der Waals surface area contributed by atoms with Crippen LogP contribution >= 0.6 is 0 Å². The fraction of sp³-hybridized carbons (Fsp3) is 0.211. The molecule has 28 heavy (non-hydrogen) atoms. The van der Waals surface area contributed by atoms with Gasteiger partial charge in [-0.05, 0) is 23.8 Å². The highest BCUT2D eigenvalue weighted by Crippen LogP contribution is 2.22. The predicted molar refractivity (Wildman–Crippen MR) is 103 cm³/mol. The Balaban J connectivity index is 1.57. The van der Waals surface area contributed by atoms with Crippen LogP contribution in [-0.2, 0) is 21.4 Å². The summed E-state index contributed by atoms with van der Waals surface area (Å²) in [6.07, 6.45) is 0.998. The molecule has 8 nitrogen and oxygen atoms in total. The summed E-state index contributed by atoms with van der Waals surface area (Å²) in [6, 6.07) is 13.2. The van der Waals surface area contributed by atoms with E-state index in [0.717, 1.165) is 11.2 Å². The van der Waals surface area contributed by atoms with E-state index < -0.39 is 21.8 Å². The summed E-state index contributed by atoms with van der Waals surface area (Å²) >= 11 is 0. The smallest absolute Gasteiger partial charge is 0.261 e. The Morgan fingerprint density at radius 3 is 2.14 bits per heavy atom. The SMILES string of the molecule is CS(=O)(=O)Nc1ccccc1CNC(=O)CCN1C(=O)c2ccccc2C1=O. The van der Waals surface area contributed by atoms with Gasteiger partial charge in [0, 0.05) is 19.5 Å². The minimum atomic E-state index is -3.44. The molecule has 1 heterocycles. The summed E-state index contributed by atoms with van der Waals surface area (Å²) in [5.41, 5.74) is 1.66. The zero-order valence-corrected chi connectivity index (χ0v) is 16.0. The first-order valence-electron chi connectivity index (χ1n) is 8.54. The van der Waals surface area contributed by atoms with Crippen LogP contribution in [0.5, 0.6) is 0 Å². The molecule has 2 aromatic carbocycles. The Bertz CT molecular complexity index is 1010. The summed E-state index contributed by atoms with van der Waals surface area (Å²) in [5, 5.41) is 2.68. The van der Waals surface area contributed by atoms with E-state index in [4.69, 9.17) is 0 Å². The number of nitrogens with one attached hydrogen (secondary N) is 2. The second-order valence-corrected chi connectivity index (χ2v) is 8.11. The van der Waals surface area contributed by atoms with Crippen LogP contribution in [0.4, 0.5) is 5.69 Å². The highest BCUT2D eigenvalue weighted by molar-refractivity contribution is 7.92. The lowest BCUT2D eigenvalue weighted by atomic mass is 10.1. The maximum absolute atomic E-state index is 12.3. The maximum Gasteiger partial charge on any atom is 0.261 e. The van der Waals surface area contributed by atoms with Crippen LogP contribution in [0.2, 0.25) is 0 Å². The molecule has 1 aliphatic rings. The molecule has 0 bridgehead atoms. The first-order valence-corrected chi connectivity index (χ1v) is 10.4. The molecule has 1 aliphatic heterocycles. The lowest BCUT2D eigenvalue weighted by molar-refractivity contribution is -0.121. The van der Waals surface area contributed by atoms with Gasteiger partial charge >= 0.3 is 0 Å². The van der Waals surface area contributed by atoms with E-state index in [1.807, 2.05) is 0 Å². The first-order chi connectivity index (χ1) is 13.3. The first kappa shape index (κ1) is 19.6. The van der Waals surface area contributed by atoms with Gasteiger partial charge in [-0.1, -0.05) is 30.3 Å². The summed E-state index contributed by atoms with van der Waals surface area (Å²) in [5.74, 6) is -1.17. The maximum atomic E-state index is 12.3. The number of carbonyl (C=O) groups is 3. The number of anilines is 1. The zero-order chi connectivity index (χ0) is 20.3. The summed E-state index contributed by atoms with van der Waals surface area (Å²) in [7, 11) is -3.44. The van der Waals surface area contributed by atoms with Gasteiger partial charge in [-0.3, -0.25) is 24.0 Å². The molecule has 0 radical (unpaired) electrons. The number of fused-ring (bicyclic) bond motifs is 1. The van der Waals surface area contributed by atoms with Crippen LogP contribution in [0, 0.1) is 0 Å². The predicted octanol–water partition coefficient (Wildman–Crippen LogP) is 1.36. The number of hydrogen-bond acceptors (Lipinski definition) is 5. The fourth-order valence-electron chi connectivity index (χ4n) is 2.91. The van der Waals surface area contributed by atoms with Gasteiger partial charge in [0.25, 0.3) is 11.8 Å². The molecule has 0 unspecified atom stereocenters. The van der Waals surface area contributed by atoms with E-state index in [1.165, 1.54) is 0 Å². The minimum Gasteiger partial charge on any atom is -0.352 e. The zero-order valence-electron chi connectivity index (χ0n) is 15.1. The van der Waals surface area contributed by atoms with Crippen LogP contribution in [0.1, 0.15) is 32.7 Å². The van der Waals surface area contributed by atoms with Gasteiger partial charge in [0.15, 0.2) is 0 Å². The van der Waals surface area contributed by atoms with Gasteiger partial charge in [0.2, 0.25) is 15.9 Å². The van der Waals surface area contributed by atoms with Crippen LogP contribution < -0.4 is 10.0 Å². The van der Waals surface area contributed by atoms with E-state index in [1.54, 1.807) is 48.5 Å². The topological polar surface area (TPSA) is 113 Å². The molecular formula is C19H19N3O5S. The second-order valence-electron chi connectivity index (χ2n) is 6.37. The van der Waals surface area contributed by atoms with Crippen molar-refractivity contribution in [1.82, 2.24) is 10.2 Å². The van der Waals surface area contributed by atoms with Crippen molar-refractivity contribution in [2.45, 2.75) is 13.0 Å². The van der Waals surface area contributed by atoms with E-state index in [0.29, 0.717) is 22.4 Å². The van der Waals surface area contributed by atoms with Crippen molar-refractivity contribution in [2.24, 2.45) is 0 Å². The number of hydrogen-bond donors (Lipinski definition) is 2. The summed E-state index contributed by atoms with van der Waals surface area (Å²) < 4.78 is 25.3. The van der Waals surface area contributed by atoms with Gasteiger partial charge in [0.1, 0.15) is 0 Å². The van der Waals surface area contributed by atoms with Crippen molar-refractivity contribution < 1.29 is 22.8 Å². The molecule has 0 aromatic heterocycles. The normalized spacial score (nSPS) is 13.4. The molecule has 0 fully saturated rings. The third kappa shape index (κ3) is 4.37. The van der Waals surface area contributed by atoms with Gasteiger partial charge in [-0.2, -0.15) is 0 Å². The molecule has 2 N–H and O–H groups in total. The summed E-state index contributed by atoms with van der Waals surface area (Å²) in [6.45, 7) is 0.0844. The molecule has 0 atom stereocenters. The Morgan fingerprint density at radius 1 is 0.964 bits per heavy atom. The number of benzene rings is 2. The average molecular weight is 401 g/mol. The molecule has 146 valence electrons. The van der Waals surface area contributed by atoms with Crippen molar-refractivity contribution in [3.8, 4) is 0 Å². The van der Waals surface area contributed by atoms with Crippen molar-refractivity contribution in [2.75, 3.05) is 17.5 Å². The molecule has 0 aliphatic carbocycles. The van der Waals surface area contributed by atoms with E-state index >= 15 is 0 Å². The van der Waals surface area contributed by atoms with E-state index in [2.05, 4.69) is 10.0 Å². The number of imide groups is 1. The summed E-state index contributed by atoms with van der Waals surface area (Å²) in [4.78, 5) is 37.8. The standard InChI is InChI=1S/C19H19N3O5S/c1-28(26,27)21-16-9-5-2-6-13(16)12-20-17(23)10-11-22-18(24)14-7-3-4-8-15(14)19(22)25/h2-9,21H,10-12H2,1H3,(H,20,23). The third-order valence-electron chi connectivity index (χ3n) is 4.23. The number of amides is 3. The Labute approximate surface area is 162 Å². The van der Waals surface area contributed by atoms with Crippen molar-refractivity contribution in [1.29, 1.82) is 0 Å². The molecule has 2 aromatic rings. The number of para-hydroxylation sites is 1. The number of rotatable bonds is 7. The highest BCUT2D eigenvalue weighted by atomic mass is 32.2. The minimum absolute atomic E-state index is 0.0264. The molecule has 0 saturated heterocycles. The molecule has 0 spiro atoms. The van der Waals surface area contributed by atoms with E-state index in [9.17, 15) is 22.8 Å². The van der Waals surface area contributed by atoms with Crippen molar-refractivity contribution >= 4 is 33.4 Å². The lowest BCUT2D eigenvalue weighted by Gasteiger charge is -2.14. The Kier molecular flexibility index (Phi) is 5.46. The van der Waals surface area contributed by atoms with Crippen LogP contribution in [-0.4, -0.2) is 43.8 Å². The quantitative estimate of drug-likeness (QED) is 0.680. The van der Waals surface area contributed by atoms with Gasteiger partial charge in [-0.15, -0.1) is 0 Å². The van der Waals surface area contributed by atoms with Crippen molar-refractivity contribution in [3.63, 3.8) is 0 Å². The molecule has 3 rings (SSSR count). The van der Waals surface area contributed by atoms with Gasteiger partial charge < -0.3 is 5.32 Å². The van der Waals surface area contributed by atoms with Crippen LogP contribution in [0.25, 0.3) is 0 Å². The number of nitrogens with zero attached hydrogens (tertiary/aromatic N) is 1. The Hall–Kier alpha value is -3.20. The monoisotopic (exact) mass is 401 g/mol. The van der Waals surface area contributed by atoms with Gasteiger partial charge in [-0.25, -0.2) is 8.42 Å². The Morgan fingerprint density at radius 2 is 1.54 bits per heavy atom. The lowest BCUT2D eigenvalue weighted by Crippen LogP contribution is -2.34. The average Bonchev–Trinajstić information content (AvgIpc) is 2.89. The second kappa shape index (κ2) is 7.81. The van der Waals surface area contributed by atoms with Crippen LogP contribution in [0.3, 0.4) is 0 Å². The van der Waals surface area contributed by atoms with Gasteiger partial charge in [0.05, 0.1) is 23.1 Å². The molecule has 9 heteroatoms. The van der Waals surface area contributed by atoms with Crippen LogP contribution in [0.15, 0.2) is 48.5 Å². The van der Waals surface area contributed by atoms with E-state index in [-0.39, 0.29) is 25.4 Å². The highest BCUT2D eigenvalue weighted by Gasteiger charge is 2.34. The molecular weight excluding hydrogens is 382 g/mol. The fourth-order valence-corrected chi connectivity index (χ4v) is 3.51. The molecule has 0 saturated carbocycles. The third-order valence-corrected chi connectivity index (χ3v) is 4.82.